The first kappa shape index (κ1) is 12.8. The summed E-state index contributed by atoms with van der Waals surface area (Å²) in [4.78, 5) is 0. The monoisotopic (exact) mass is 284 g/mol. The first-order valence-corrected chi connectivity index (χ1v) is 6.65. The Morgan fingerprint density at radius 1 is 0.800 bits per heavy atom. The zero-order valence-corrected chi connectivity index (χ0v) is 11.7. The van der Waals surface area contributed by atoms with Crippen LogP contribution in [0.2, 0.25) is 5.02 Å². The number of hydrogen-bond donors (Lipinski definition) is 0. The molecular weight excluding hydrogens is 272 g/mol. The van der Waals surface area contributed by atoms with Crippen molar-refractivity contribution < 1.29 is 9.47 Å². The van der Waals surface area contributed by atoms with Crippen molar-refractivity contribution in [2.45, 2.75) is 0 Å². The SMILES string of the molecule is COc1ccccc1Oc1cccc2cc(Cl)ccc12. The number of halogens is 1. The molecule has 0 heterocycles. The number of fused-ring (bicyclic) bond motifs is 1. The summed E-state index contributed by atoms with van der Waals surface area (Å²) in [5.74, 6) is 2.18. The maximum Gasteiger partial charge on any atom is 0.169 e. The van der Waals surface area contributed by atoms with Crippen LogP contribution in [-0.2, 0) is 0 Å². The van der Waals surface area contributed by atoms with E-state index in [0.717, 1.165) is 16.5 Å². The van der Waals surface area contributed by atoms with Gasteiger partial charge in [-0.2, -0.15) is 0 Å². The van der Waals surface area contributed by atoms with Gasteiger partial charge in [-0.3, -0.25) is 0 Å². The summed E-state index contributed by atoms with van der Waals surface area (Å²) in [6.45, 7) is 0. The van der Waals surface area contributed by atoms with Crippen LogP contribution in [-0.4, -0.2) is 7.11 Å². The lowest BCUT2D eigenvalue weighted by Gasteiger charge is -2.12. The maximum absolute atomic E-state index is 6.02. The second-order valence-corrected chi connectivity index (χ2v) is 4.81. The van der Waals surface area contributed by atoms with Crippen molar-refractivity contribution in [2.75, 3.05) is 7.11 Å². The summed E-state index contributed by atoms with van der Waals surface area (Å²) in [5, 5.41) is 2.78. The minimum Gasteiger partial charge on any atom is -0.493 e. The van der Waals surface area contributed by atoms with Crippen LogP contribution in [0.1, 0.15) is 0 Å². The third-order valence-corrected chi connectivity index (χ3v) is 3.33. The number of hydrogen-bond acceptors (Lipinski definition) is 2. The van der Waals surface area contributed by atoms with Gasteiger partial charge in [0.1, 0.15) is 5.75 Å². The van der Waals surface area contributed by atoms with E-state index in [9.17, 15) is 0 Å². The minimum atomic E-state index is 0.692. The predicted octanol–water partition coefficient (Wildman–Crippen LogP) is 5.29. The van der Waals surface area contributed by atoms with Crippen LogP contribution >= 0.6 is 11.6 Å². The molecule has 3 heteroatoms. The molecule has 3 aromatic carbocycles. The van der Waals surface area contributed by atoms with Gasteiger partial charge in [0.15, 0.2) is 11.5 Å². The van der Waals surface area contributed by atoms with Gasteiger partial charge in [-0.05, 0) is 41.8 Å². The summed E-state index contributed by atoms with van der Waals surface area (Å²) in [6.07, 6.45) is 0. The molecule has 0 aliphatic rings. The summed E-state index contributed by atoms with van der Waals surface area (Å²) in [5.41, 5.74) is 0. The van der Waals surface area contributed by atoms with Crippen LogP contribution in [0.3, 0.4) is 0 Å². The number of benzene rings is 3. The predicted molar refractivity (Wildman–Crippen MR) is 82.0 cm³/mol. The third-order valence-electron chi connectivity index (χ3n) is 3.09. The molecule has 0 saturated carbocycles. The van der Waals surface area contributed by atoms with Gasteiger partial charge in [0.2, 0.25) is 0 Å². The molecule has 0 aliphatic heterocycles. The zero-order valence-electron chi connectivity index (χ0n) is 11.0. The highest BCUT2D eigenvalue weighted by Gasteiger charge is 2.07. The van der Waals surface area contributed by atoms with Gasteiger partial charge in [-0.25, -0.2) is 0 Å². The normalized spacial score (nSPS) is 10.5. The van der Waals surface area contributed by atoms with E-state index < -0.39 is 0 Å². The number of methoxy groups -OCH3 is 1. The average Bonchev–Trinajstić information content (AvgIpc) is 2.47. The molecule has 100 valence electrons. The fraction of sp³-hybridized carbons (Fsp3) is 0.0588. The second-order valence-electron chi connectivity index (χ2n) is 4.37. The molecule has 0 bridgehead atoms. The largest absolute Gasteiger partial charge is 0.493 e. The standard InChI is InChI=1S/C17H13ClO2/c1-19-16-6-2-3-7-17(16)20-15-8-4-5-12-11-13(18)9-10-14(12)15/h2-11H,1H3. The first-order chi connectivity index (χ1) is 9.78. The van der Waals surface area contributed by atoms with E-state index in [1.807, 2.05) is 60.7 Å². The number of ether oxygens (including phenoxy) is 2. The Hall–Kier alpha value is -2.19. The lowest BCUT2D eigenvalue weighted by atomic mass is 10.1. The molecule has 0 spiro atoms. The van der Waals surface area contributed by atoms with E-state index in [-0.39, 0.29) is 0 Å². The van der Waals surface area contributed by atoms with E-state index in [1.54, 1.807) is 7.11 Å². The van der Waals surface area contributed by atoms with E-state index in [4.69, 9.17) is 21.1 Å². The van der Waals surface area contributed by atoms with Crippen LogP contribution in [0.25, 0.3) is 10.8 Å². The van der Waals surface area contributed by atoms with Gasteiger partial charge in [-0.1, -0.05) is 35.9 Å². The Morgan fingerprint density at radius 3 is 2.35 bits per heavy atom. The van der Waals surface area contributed by atoms with Crippen LogP contribution < -0.4 is 9.47 Å². The van der Waals surface area contributed by atoms with Crippen LogP contribution in [0, 0.1) is 0 Å². The molecule has 2 nitrogen and oxygen atoms in total. The van der Waals surface area contributed by atoms with Crippen molar-refractivity contribution in [2.24, 2.45) is 0 Å². The fourth-order valence-corrected chi connectivity index (χ4v) is 2.32. The van der Waals surface area contributed by atoms with Gasteiger partial charge < -0.3 is 9.47 Å². The van der Waals surface area contributed by atoms with Crippen molar-refractivity contribution in [1.82, 2.24) is 0 Å². The fourth-order valence-electron chi connectivity index (χ4n) is 2.14. The molecule has 0 atom stereocenters. The molecule has 20 heavy (non-hydrogen) atoms. The Morgan fingerprint density at radius 2 is 1.55 bits per heavy atom. The second kappa shape index (κ2) is 5.43. The van der Waals surface area contributed by atoms with E-state index in [1.165, 1.54) is 0 Å². The minimum absolute atomic E-state index is 0.692. The summed E-state index contributed by atoms with van der Waals surface area (Å²) >= 11 is 6.02. The highest BCUT2D eigenvalue weighted by molar-refractivity contribution is 6.31. The van der Waals surface area contributed by atoms with Crippen molar-refractivity contribution in [3.05, 3.63) is 65.7 Å². The summed E-state index contributed by atoms with van der Waals surface area (Å²) in [7, 11) is 1.63. The molecule has 0 saturated heterocycles. The van der Waals surface area contributed by atoms with Gasteiger partial charge in [0.25, 0.3) is 0 Å². The Kier molecular flexibility index (Phi) is 3.48. The molecule has 0 aliphatic carbocycles. The van der Waals surface area contributed by atoms with E-state index in [0.29, 0.717) is 16.5 Å². The summed E-state index contributed by atoms with van der Waals surface area (Å²) < 4.78 is 11.3. The maximum atomic E-state index is 6.02. The van der Waals surface area contributed by atoms with E-state index in [2.05, 4.69) is 0 Å². The van der Waals surface area contributed by atoms with Crippen molar-refractivity contribution in [1.29, 1.82) is 0 Å². The molecule has 0 radical (unpaired) electrons. The Bertz CT molecular complexity index is 753. The molecule has 0 fully saturated rings. The zero-order chi connectivity index (χ0) is 13.9. The van der Waals surface area contributed by atoms with Crippen LogP contribution in [0.4, 0.5) is 0 Å². The van der Waals surface area contributed by atoms with Crippen LogP contribution in [0.15, 0.2) is 60.7 Å². The molecule has 3 aromatic rings. The lowest BCUT2D eigenvalue weighted by Crippen LogP contribution is -1.90. The van der Waals surface area contributed by atoms with Crippen molar-refractivity contribution in [3.63, 3.8) is 0 Å². The first-order valence-electron chi connectivity index (χ1n) is 6.27. The molecule has 3 rings (SSSR count). The molecule has 0 unspecified atom stereocenters. The average molecular weight is 285 g/mol. The lowest BCUT2D eigenvalue weighted by molar-refractivity contribution is 0.380. The number of para-hydroxylation sites is 2. The van der Waals surface area contributed by atoms with Gasteiger partial charge in [0, 0.05) is 10.4 Å². The quantitative estimate of drug-likeness (QED) is 0.650. The molecule has 0 N–H and O–H groups in total. The topological polar surface area (TPSA) is 18.5 Å². The third kappa shape index (κ3) is 2.43. The Balaban J connectivity index is 2.07. The van der Waals surface area contributed by atoms with Gasteiger partial charge in [0.05, 0.1) is 7.11 Å². The molecular formula is C17H13ClO2. The van der Waals surface area contributed by atoms with Crippen molar-refractivity contribution in [3.8, 4) is 17.2 Å². The van der Waals surface area contributed by atoms with E-state index >= 15 is 0 Å². The number of rotatable bonds is 3. The summed E-state index contributed by atoms with van der Waals surface area (Å²) in [6, 6.07) is 19.2. The Labute approximate surface area is 122 Å². The smallest absolute Gasteiger partial charge is 0.169 e. The van der Waals surface area contributed by atoms with Gasteiger partial charge in [-0.15, -0.1) is 0 Å². The van der Waals surface area contributed by atoms with Crippen LogP contribution in [0.5, 0.6) is 17.2 Å². The van der Waals surface area contributed by atoms with Crippen molar-refractivity contribution >= 4 is 22.4 Å². The van der Waals surface area contributed by atoms with Gasteiger partial charge >= 0.3 is 0 Å². The highest BCUT2D eigenvalue weighted by atomic mass is 35.5. The highest BCUT2D eigenvalue weighted by Crippen LogP contribution is 2.35. The molecule has 0 aromatic heterocycles. The molecule has 0 amide bonds.